The van der Waals surface area contributed by atoms with Crippen LogP contribution in [-0.4, -0.2) is 7.11 Å². The molecule has 4 rings (SSSR count). The SMILES string of the molecule is COc1cccc(C)c1CP(Cl)(c1ccccc1)(c1ccccc1)c1ccccc1. The van der Waals surface area contributed by atoms with Crippen LogP contribution in [0.15, 0.2) is 109 Å². The Hall–Kier alpha value is -2.60. The van der Waals surface area contributed by atoms with Crippen LogP contribution in [0.4, 0.5) is 0 Å². The average molecular weight is 433 g/mol. The molecule has 4 aromatic rings. The molecule has 0 spiro atoms. The summed E-state index contributed by atoms with van der Waals surface area (Å²) in [4.78, 5) is 0. The molecule has 0 radical (unpaired) electrons. The quantitative estimate of drug-likeness (QED) is 0.330. The molecule has 4 aromatic carbocycles. The Balaban J connectivity index is 2.13. The number of aryl methyl sites for hydroxylation is 1. The third kappa shape index (κ3) is 3.33. The third-order valence-corrected chi connectivity index (χ3v) is 13.1. The predicted octanol–water partition coefficient (Wildman–Crippen LogP) is 6.19. The first-order valence-electron chi connectivity index (χ1n) is 10.1. The van der Waals surface area contributed by atoms with Crippen LogP contribution in [-0.2, 0) is 6.16 Å². The van der Waals surface area contributed by atoms with Gasteiger partial charge in [0.25, 0.3) is 0 Å². The first-order chi connectivity index (χ1) is 14.6. The van der Waals surface area contributed by atoms with Gasteiger partial charge in [0.1, 0.15) is 0 Å². The molecule has 0 aliphatic heterocycles. The van der Waals surface area contributed by atoms with Crippen molar-refractivity contribution in [2.24, 2.45) is 0 Å². The summed E-state index contributed by atoms with van der Waals surface area (Å²) >= 11 is 8.18. The Morgan fingerprint density at radius 1 is 0.633 bits per heavy atom. The molecule has 0 bridgehead atoms. The van der Waals surface area contributed by atoms with Gasteiger partial charge in [-0.2, -0.15) is 0 Å². The Kier molecular flexibility index (Phi) is 5.69. The van der Waals surface area contributed by atoms with Gasteiger partial charge >= 0.3 is 184 Å². The van der Waals surface area contributed by atoms with Gasteiger partial charge in [0.15, 0.2) is 0 Å². The van der Waals surface area contributed by atoms with Crippen LogP contribution in [0.25, 0.3) is 0 Å². The molecule has 1 nitrogen and oxygen atoms in total. The van der Waals surface area contributed by atoms with Gasteiger partial charge in [0, 0.05) is 0 Å². The normalized spacial score (nSPS) is 12.7. The van der Waals surface area contributed by atoms with Crippen molar-refractivity contribution in [3.05, 3.63) is 120 Å². The molecular formula is C27H26ClOP. The summed E-state index contributed by atoms with van der Waals surface area (Å²) in [5.74, 6) is -2.49. The number of ether oxygens (including phenoxy) is 1. The van der Waals surface area contributed by atoms with Gasteiger partial charge in [-0.25, -0.2) is 0 Å². The second-order valence-electron chi connectivity index (χ2n) is 7.60. The second kappa shape index (κ2) is 8.26. The summed E-state index contributed by atoms with van der Waals surface area (Å²) in [5.41, 5.74) is 2.34. The Bertz CT molecular complexity index is 1030. The third-order valence-electron chi connectivity index (χ3n) is 5.93. The van der Waals surface area contributed by atoms with Crippen LogP contribution in [0.1, 0.15) is 11.1 Å². The van der Waals surface area contributed by atoms with E-state index in [9.17, 15) is 0 Å². The van der Waals surface area contributed by atoms with Crippen molar-refractivity contribution < 1.29 is 4.74 Å². The standard InChI is InChI=1S/C27H26ClOP/c1-22-13-12-20-27(29-2)26(22)21-30(28,23-14-6-3-7-15-23,24-16-8-4-9-17-24)25-18-10-5-11-19-25/h3-20H,21H2,1-2H3. The molecule has 0 saturated heterocycles. The first kappa shape index (κ1) is 20.7. The first-order valence-corrected chi connectivity index (χ1v) is 13.4. The zero-order chi connectivity index (χ0) is 21.1. The Morgan fingerprint density at radius 3 is 1.47 bits per heavy atom. The average Bonchev–Trinajstić information content (AvgIpc) is 2.82. The molecule has 0 fully saturated rings. The van der Waals surface area contributed by atoms with E-state index in [1.807, 2.05) is 30.3 Å². The molecule has 0 N–H and O–H groups in total. The van der Waals surface area contributed by atoms with Crippen LogP contribution in [0, 0.1) is 6.92 Å². The van der Waals surface area contributed by atoms with E-state index in [1.165, 1.54) is 5.56 Å². The van der Waals surface area contributed by atoms with Crippen molar-refractivity contribution in [3.63, 3.8) is 0 Å². The molecule has 30 heavy (non-hydrogen) atoms. The van der Waals surface area contributed by atoms with E-state index in [1.54, 1.807) is 7.11 Å². The van der Waals surface area contributed by atoms with E-state index >= 15 is 0 Å². The Labute approximate surface area is 184 Å². The summed E-state index contributed by atoms with van der Waals surface area (Å²) in [6.45, 7) is 2.14. The molecular weight excluding hydrogens is 407 g/mol. The van der Waals surface area contributed by atoms with Crippen molar-refractivity contribution in [3.8, 4) is 5.75 Å². The summed E-state index contributed by atoms with van der Waals surface area (Å²) in [7, 11) is 1.73. The van der Waals surface area contributed by atoms with Crippen LogP contribution in [0.2, 0.25) is 0 Å². The molecule has 0 amide bonds. The molecule has 0 unspecified atom stereocenters. The number of rotatable bonds is 6. The number of hydrogen-bond donors (Lipinski definition) is 0. The monoisotopic (exact) mass is 432 g/mol. The van der Waals surface area contributed by atoms with Crippen LogP contribution in [0.3, 0.4) is 0 Å². The molecule has 0 heterocycles. The van der Waals surface area contributed by atoms with Crippen LogP contribution in [0.5, 0.6) is 5.75 Å². The number of hydrogen-bond acceptors (Lipinski definition) is 1. The van der Waals surface area contributed by atoms with Crippen molar-refractivity contribution in [2.75, 3.05) is 7.11 Å². The summed E-state index contributed by atoms with van der Waals surface area (Å²) < 4.78 is 5.79. The van der Waals surface area contributed by atoms with Crippen molar-refractivity contribution in [2.45, 2.75) is 13.1 Å². The summed E-state index contributed by atoms with van der Waals surface area (Å²) in [5, 5.41) is 3.48. The summed E-state index contributed by atoms with van der Waals surface area (Å²) in [6, 6.07) is 37.9. The molecule has 152 valence electrons. The zero-order valence-corrected chi connectivity index (χ0v) is 19.0. The van der Waals surface area contributed by atoms with Gasteiger partial charge < -0.3 is 0 Å². The molecule has 0 aromatic heterocycles. The maximum atomic E-state index is 8.18. The van der Waals surface area contributed by atoms with E-state index in [2.05, 4.69) is 85.8 Å². The second-order valence-corrected chi connectivity index (χ2v) is 14.1. The number of halogens is 1. The molecule has 0 atom stereocenters. The molecule has 3 heteroatoms. The van der Waals surface area contributed by atoms with Crippen molar-refractivity contribution in [1.82, 2.24) is 0 Å². The van der Waals surface area contributed by atoms with Crippen molar-refractivity contribution >= 4 is 33.1 Å². The maximum absolute atomic E-state index is 8.18. The number of methoxy groups -OCH3 is 1. The zero-order valence-electron chi connectivity index (χ0n) is 17.3. The van der Waals surface area contributed by atoms with E-state index in [0.29, 0.717) is 6.16 Å². The van der Waals surface area contributed by atoms with Crippen LogP contribution < -0.4 is 20.7 Å². The molecule has 0 aliphatic rings. The van der Waals surface area contributed by atoms with Crippen molar-refractivity contribution in [1.29, 1.82) is 0 Å². The van der Waals surface area contributed by atoms with E-state index in [-0.39, 0.29) is 0 Å². The topological polar surface area (TPSA) is 9.23 Å². The van der Waals surface area contributed by atoms with Gasteiger partial charge in [-0.1, -0.05) is 0 Å². The van der Waals surface area contributed by atoms with Crippen LogP contribution >= 0.6 is 17.2 Å². The summed E-state index contributed by atoms with van der Waals surface area (Å²) in [6.07, 6.45) is 0.682. The van der Waals surface area contributed by atoms with Gasteiger partial charge in [0.2, 0.25) is 0 Å². The van der Waals surface area contributed by atoms with E-state index in [4.69, 9.17) is 16.0 Å². The predicted molar refractivity (Wildman–Crippen MR) is 132 cm³/mol. The van der Waals surface area contributed by atoms with Gasteiger partial charge in [0.05, 0.1) is 0 Å². The molecule has 0 saturated carbocycles. The minimum absolute atomic E-state index is 0.682. The minimum atomic E-state index is -3.37. The van der Waals surface area contributed by atoms with Gasteiger partial charge in [-0.15, -0.1) is 0 Å². The fourth-order valence-corrected chi connectivity index (χ4v) is 10.5. The molecule has 0 aliphatic carbocycles. The Morgan fingerprint density at radius 2 is 1.07 bits per heavy atom. The van der Waals surface area contributed by atoms with Gasteiger partial charge in [-0.3, -0.25) is 0 Å². The fraction of sp³-hybridized carbons (Fsp3) is 0.111. The van der Waals surface area contributed by atoms with E-state index < -0.39 is 5.96 Å². The number of benzene rings is 4. The fourth-order valence-electron chi connectivity index (χ4n) is 4.30. The van der Waals surface area contributed by atoms with Gasteiger partial charge in [-0.05, 0) is 0 Å². The van der Waals surface area contributed by atoms with E-state index in [0.717, 1.165) is 27.2 Å².